The van der Waals surface area contributed by atoms with Gasteiger partial charge in [-0.3, -0.25) is 4.79 Å². The number of hydrogen-bond acceptors (Lipinski definition) is 3. The first-order valence-electron chi connectivity index (χ1n) is 7.80. The van der Waals surface area contributed by atoms with E-state index in [2.05, 4.69) is 10.6 Å². The van der Waals surface area contributed by atoms with Crippen molar-refractivity contribution in [3.8, 4) is 5.75 Å². The molecule has 0 aromatic heterocycles. The summed E-state index contributed by atoms with van der Waals surface area (Å²) in [7, 11) is 0. The molecule has 0 spiro atoms. The van der Waals surface area contributed by atoms with Crippen LogP contribution < -0.4 is 15.4 Å². The Balaban J connectivity index is 1.52. The van der Waals surface area contributed by atoms with E-state index in [4.69, 9.17) is 4.74 Å². The second kappa shape index (κ2) is 7.97. The Morgan fingerprint density at radius 2 is 1.40 bits per heavy atom. The van der Waals surface area contributed by atoms with Crippen molar-refractivity contribution in [3.63, 3.8) is 0 Å². The van der Waals surface area contributed by atoms with E-state index in [0.717, 1.165) is 11.4 Å². The quantitative estimate of drug-likeness (QED) is 0.692. The minimum atomic E-state index is -0.494. The Hall–Kier alpha value is -3.34. The molecule has 0 atom stereocenters. The number of para-hydroxylation sites is 2. The van der Waals surface area contributed by atoms with Gasteiger partial charge in [-0.25, -0.2) is 4.39 Å². The molecule has 25 heavy (non-hydrogen) atoms. The van der Waals surface area contributed by atoms with Crippen molar-refractivity contribution >= 4 is 23.0 Å². The lowest BCUT2D eigenvalue weighted by atomic mass is 10.2. The Morgan fingerprint density at radius 1 is 0.800 bits per heavy atom. The van der Waals surface area contributed by atoms with Gasteiger partial charge in [-0.2, -0.15) is 0 Å². The first kappa shape index (κ1) is 16.5. The molecule has 1 amide bonds. The molecular weight excluding hydrogens is 319 g/mol. The van der Waals surface area contributed by atoms with Crippen molar-refractivity contribution in [1.29, 1.82) is 0 Å². The highest BCUT2D eigenvalue weighted by atomic mass is 19.1. The number of benzene rings is 3. The van der Waals surface area contributed by atoms with Gasteiger partial charge in [0.1, 0.15) is 0 Å². The molecule has 126 valence electrons. The summed E-state index contributed by atoms with van der Waals surface area (Å²) in [6, 6.07) is 23.1. The number of carbonyl (C=O) groups is 1. The number of rotatable bonds is 6. The smallest absolute Gasteiger partial charge is 0.262 e. The molecule has 2 N–H and O–H groups in total. The number of hydrogen-bond donors (Lipinski definition) is 2. The van der Waals surface area contributed by atoms with Crippen LogP contribution in [0.5, 0.6) is 5.75 Å². The second-order valence-electron chi connectivity index (χ2n) is 5.34. The summed E-state index contributed by atoms with van der Waals surface area (Å²) in [5.74, 6) is -0.793. The van der Waals surface area contributed by atoms with Gasteiger partial charge in [-0.05, 0) is 48.5 Å². The SMILES string of the molecule is O=C(COc1ccccc1F)Nc1ccc(Nc2ccccc2)cc1. The van der Waals surface area contributed by atoms with E-state index in [1.165, 1.54) is 12.1 Å². The van der Waals surface area contributed by atoms with Crippen molar-refractivity contribution in [2.75, 3.05) is 17.2 Å². The lowest BCUT2D eigenvalue weighted by molar-refractivity contribution is -0.118. The van der Waals surface area contributed by atoms with Gasteiger partial charge in [-0.1, -0.05) is 30.3 Å². The summed E-state index contributed by atoms with van der Waals surface area (Å²) < 4.78 is 18.6. The zero-order chi connectivity index (χ0) is 17.5. The fourth-order valence-electron chi connectivity index (χ4n) is 2.23. The molecule has 0 saturated carbocycles. The second-order valence-corrected chi connectivity index (χ2v) is 5.34. The predicted molar refractivity (Wildman–Crippen MR) is 96.7 cm³/mol. The molecule has 0 bridgehead atoms. The lowest BCUT2D eigenvalue weighted by Gasteiger charge is -2.10. The molecule has 3 aromatic carbocycles. The van der Waals surface area contributed by atoms with Crippen LogP contribution in [0.3, 0.4) is 0 Å². The molecule has 5 heteroatoms. The van der Waals surface area contributed by atoms with Gasteiger partial charge in [0.15, 0.2) is 18.2 Å². The number of carbonyl (C=O) groups excluding carboxylic acids is 1. The van der Waals surface area contributed by atoms with E-state index in [1.807, 2.05) is 42.5 Å². The fourth-order valence-corrected chi connectivity index (χ4v) is 2.23. The first-order valence-corrected chi connectivity index (χ1v) is 7.80. The van der Waals surface area contributed by atoms with Crippen LogP contribution in [0.2, 0.25) is 0 Å². The van der Waals surface area contributed by atoms with Gasteiger partial charge in [0, 0.05) is 17.1 Å². The first-order chi connectivity index (χ1) is 12.2. The summed E-state index contributed by atoms with van der Waals surface area (Å²) in [6.07, 6.45) is 0. The fraction of sp³-hybridized carbons (Fsp3) is 0.0500. The van der Waals surface area contributed by atoms with Crippen LogP contribution in [0.1, 0.15) is 0 Å². The van der Waals surface area contributed by atoms with Gasteiger partial charge in [-0.15, -0.1) is 0 Å². The Kier molecular flexibility index (Phi) is 5.26. The maximum Gasteiger partial charge on any atom is 0.262 e. The van der Waals surface area contributed by atoms with Gasteiger partial charge in [0.05, 0.1) is 0 Å². The molecule has 0 fully saturated rings. The molecular formula is C20H17FN2O2. The summed E-state index contributed by atoms with van der Waals surface area (Å²) in [5.41, 5.74) is 2.53. The Morgan fingerprint density at radius 3 is 2.12 bits per heavy atom. The highest BCUT2D eigenvalue weighted by molar-refractivity contribution is 5.92. The molecule has 0 heterocycles. The van der Waals surface area contributed by atoms with E-state index in [1.54, 1.807) is 24.3 Å². The van der Waals surface area contributed by atoms with Crippen LogP contribution in [0.4, 0.5) is 21.5 Å². The van der Waals surface area contributed by atoms with Crippen molar-refractivity contribution in [2.45, 2.75) is 0 Å². The summed E-state index contributed by atoms with van der Waals surface area (Å²) in [4.78, 5) is 11.9. The van der Waals surface area contributed by atoms with E-state index in [9.17, 15) is 9.18 Å². The maximum atomic E-state index is 13.4. The molecule has 0 radical (unpaired) electrons. The standard InChI is InChI=1S/C20H17FN2O2/c21-18-8-4-5-9-19(18)25-14-20(24)23-17-12-10-16(11-13-17)22-15-6-2-1-3-7-15/h1-13,22H,14H2,(H,23,24). The average Bonchev–Trinajstić information content (AvgIpc) is 2.64. The van der Waals surface area contributed by atoms with Gasteiger partial charge in [0.2, 0.25) is 0 Å². The van der Waals surface area contributed by atoms with E-state index < -0.39 is 5.82 Å². The van der Waals surface area contributed by atoms with Crippen molar-refractivity contribution in [1.82, 2.24) is 0 Å². The van der Waals surface area contributed by atoms with E-state index >= 15 is 0 Å². The third-order valence-electron chi connectivity index (χ3n) is 3.43. The zero-order valence-electron chi connectivity index (χ0n) is 13.4. The monoisotopic (exact) mass is 336 g/mol. The Bertz CT molecular complexity index is 836. The van der Waals surface area contributed by atoms with E-state index in [0.29, 0.717) is 5.69 Å². The summed E-state index contributed by atoms with van der Waals surface area (Å²) in [6.45, 7) is -0.259. The molecule has 0 aliphatic rings. The third kappa shape index (κ3) is 4.81. The van der Waals surface area contributed by atoms with E-state index in [-0.39, 0.29) is 18.3 Å². The summed E-state index contributed by atoms with van der Waals surface area (Å²) in [5, 5.41) is 5.97. The average molecular weight is 336 g/mol. The van der Waals surface area contributed by atoms with Crippen molar-refractivity contribution < 1.29 is 13.9 Å². The number of halogens is 1. The van der Waals surface area contributed by atoms with Gasteiger partial charge in [0.25, 0.3) is 5.91 Å². The lowest BCUT2D eigenvalue weighted by Crippen LogP contribution is -2.20. The zero-order valence-corrected chi connectivity index (χ0v) is 13.4. The third-order valence-corrected chi connectivity index (χ3v) is 3.43. The number of anilines is 3. The molecule has 0 aliphatic heterocycles. The minimum Gasteiger partial charge on any atom is -0.481 e. The molecule has 0 unspecified atom stereocenters. The number of amides is 1. The highest BCUT2D eigenvalue weighted by Gasteiger charge is 2.06. The van der Waals surface area contributed by atoms with Gasteiger partial charge >= 0.3 is 0 Å². The predicted octanol–water partition coefficient (Wildman–Crippen LogP) is 4.59. The Labute approximate surface area is 145 Å². The molecule has 3 rings (SSSR count). The molecule has 0 aliphatic carbocycles. The van der Waals surface area contributed by atoms with Crippen molar-refractivity contribution in [3.05, 3.63) is 84.7 Å². The van der Waals surface area contributed by atoms with Crippen LogP contribution in [-0.4, -0.2) is 12.5 Å². The molecule has 0 saturated heterocycles. The van der Waals surface area contributed by atoms with Crippen LogP contribution >= 0.6 is 0 Å². The van der Waals surface area contributed by atoms with Crippen LogP contribution in [0.25, 0.3) is 0 Å². The minimum absolute atomic E-state index is 0.0556. The maximum absolute atomic E-state index is 13.4. The van der Waals surface area contributed by atoms with Crippen LogP contribution in [0, 0.1) is 5.82 Å². The normalized spacial score (nSPS) is 10.1. The number of nitrogens with one attached hydrogen (secondary N) is 2. The van der Waals surface area contributed by atoms with Crippen molar-refractivity contribution in [2.24, 2.45) is 0 Å². The topological polar surface area (TPSA) is 50.4 Å². The van der Waals surface area contributed by atoms with Gasteiger partial charge < -0.3 is 15.4 Å². The largest absolute Gasteiger partial charge is 0.481 e. The molecule has 3 aromatic rings. The highest BCUT2D eigenvalue weighted by Crippen LogP contribution is 2.19. The number of ether oxygens (including phenoxy) is 1. The van der Waals surface area contributed by atoms with Crippen LogP contribution in [0.15, 0.2) is 78.9 Å². The van der Waals surface area contributed by atoms with Crippen LogP contribution in [-0.2, 0) is 4.79 Å². The summed E-state index contributed by atoms with van der Waals surface area (Å²) >= 11 is 0. The molecule has 4 nitrogen and oxygen atoms in total.